The van der Waals surface area contributed by atoms with E-state index in [2.05, 4.69) is 15.4 Å². The van der Waals surface area contributed by atoms with E-state index in [0.29, 0.717) is 6.20 Å². The van der Waals surface area contributed by atoms with E-state index in [1.807, 2.05) is 0 Å². The largest absolute Gasteiger partial charge is 0.454 e. The van der Waals surface area contributed by atoms with Gasteiger partial charge in [-0.2, -0.15) is 22.0 Å². The van der Waals surface area contributed by atoms with Crippen LogP contribution in [-0.4, -0.2) is 37.1 Å². The molecule has 2 rings (SSSR count). The number of alkyl halides is 5. The molecule has 0 aliphatic heterocycles. The van der Waals surface area contributed by atoms with Crippen LogP contribution < -0.4 is 15.4 Å². The van der Waals surface area contributed by atoms with Crippen molar-refractivity contribution in [1.82, 2.24) is 0 Å². The van der Waals surface area contributed by atoms with Crippen molar-refractivity contribution in [1.29, 1.82) is 0 Å². The minimum absolute atomic E-state index is 0.0137. The number of carbonyl (C=O) groups excluding carboxylic acids is 3. The second-order valence-electron chi connectivity index (χ2n) is 5.88. The van der Waals surface area contributed by atoms with Crippen molar-refractivity contribution >= 4 is 29.0 Å². The molecule has 2 N–H and O–H groups in total. The number of carbonyl (C=O) groups is 3. The predicted octanol–water partition coefficient (Wildman–Crippen LogP) is 4.14. The van der Waals surface area contributed by atoms with E-state index >= 15 is 0 Å². The molecule has 0 aromatic heterocycles. The third-order valence-corrected chi connectivity index (χ3v) is 3.61. The van der Waals surface area contributed by atoms with E-state index in [1.54, 1.807) is 0 Å². The maximum absolute atomic E-state index is 12.4. The molecule has 0 saturated carbocycles. The summed E-state index contributed by atoms with van der Waals surface area (Å²) in [7, 11) is 0. The van der Waals surface area contributed by atoms with Crippen LogP contribution in [0.2, 0.25) is 0 Å². The quantitative estimate of drug-likeness (QED) is 0.333. The third-order valence-electron chi connectivity index (χ3n) is 3.61. The number of ether oxygens (including phenoxy) is 2. The van der Waals surface area contributed by atoms with Crippen LogP contribution >= 0.6 is 0 Å². The Kier molecular flexibility index (Phi) is 8.27. The number of ketones is 1. The van der Waals surface area contributed by atoms with Gasteiger partial charge >= 0.3 is 18.8 Å². The van der Waals surface area contributed by atoms with Crippen LogP contribution in [0.15, 0.2) is 60.8 Å². The Bertz CT molecular complexity index is 1010. The van der Waals surface area contributed by atoms with Gasteiger partial charge in [0, 0.05) is 12.3 Å². The van der Waals surface area contributed by atoms with Gasteiger partial charge in [-0.15, -0.1) is 0 Å². The molecule has 0 fully saturated rings. The Morgan fingerprint density at radius 1 is 0.969 bits per heavy atom. The molecule has 12 heteroatoms. The van der Waals surface area contributed by atoms with Crippen LogP contribution in [-0.2, 0) is 14.3 Å². The number of allylic oxidation sites excluding steroid dienone is 1. The lowest BCUT2D eigenvalue weighted by atomic mass is 10.2. The predicted molar refractivity (Wildman–Crippen MR) is 102 cm³/mol. The van der Waals surface area contributed by atoms with Gasteiger partial charge in [0.05, 0.1) is 16.9 Å². The van der Waals surface area contributed by atoms with Crippen LogP contribution in [0.25, 0.3) is 0 Å². The SMILES string of the molecule is O=C(COC(=O)c1ccccc1N/C=C/C(=O)C(F)(F)F)Nc1ccccc1OC(F)F. The van der Waals surface area contributed by atoms with Gasteiger partial charge in [0.1, 0.15) is 5.75 Å². The number of anilines is 2. The highest BCUT2D eigenvalue weighted by molar-refractivity contribution is 5.99. The molecule has 2 aromatic rings. The number of amides is 1. The average Bonchev–Trinajstić information content (AvgIpc) is 2.72. The first-order valence-corrected chi connectivity index (χ1v) is 8.72. The second kappa shape index (κ2) is 10.9. The molecule has 0 saturated heterocycles. The number of halogens is 5. The summed E-state index contributed by atoms with van der Waals surface area (Å²) in [6.07, 6.45) is -4.09. The lowest BCUT2D eigenvalue weighted by Crippen LogP contribution is -2.22. The zero-order valence-corrected chi connectivity index (χ0v) is 16.0. The number of rotatable bonds is 9. The molecule has 0 heterocycles. The molecule has 1 amide bonds. The summed E-state index contributed by atoms with van der Waals surface area (Å²) in [5, 5.41) is 4.61. The molecule has 0 spiro atoms. The molecular weight excluding hydrogens is 443 g/mol. The number of hydrogen-bond acceptors (Lipinski definition) is 6. The molecule has 0 unspecified atom stereocenters. The van der Waals surface area contributed by atoms with E-state index in [9.17, 15) is 36.3 Å². The number of hydrogen-bond donors (Lipinski definition) is 2. The first kappa shape index (κ1) is 24.3. The standard InChI is InChI=1S/C20H15F5N2O5/c21-19(22)32-15-8-4-3-7-14(15)27-17(29)11-31-18(30)12-5-1-2-6-13(12)26-10-9-16(28)20(23,24)25/h1-10,19,26H,11H2,(H,27,29)/b10-9+. The summed E-state index contributed by atoms with van der Waals surface area (Å²) in [6.45, 7) is -3.91. The smallest absolute Gasteiger partial charge is 0.452 e. The monoisotopic (exact) mass is 458 g/mol. The molecule has 7 nitrogen and oxygen atoms in total. The summed E-state index contributed by atoms with van der Waals surface area (Å²) >= 11 is 0. The van der Waals surface area contributed by atoms with Crippen molar-refractivity contribution in [2.24, 2.45) is 0 Å². The Morgan fingerprint density at radius 3 is 2.25 bits per heavy atom. The van der Waals surface area contributed by atoms with Crippen LogP contribution in [0.5, 0.6) is 5.75 Å². The topological polar surface area (TPSA) is 93.7 Å². The summed E-state index contributed by atoms with van der Waals surface area (Å²) in [5.74, 6) is -4.25. The lowest BCUT2D eigenvalue weighted by molar-refractivity contribution is -0.165. The van der Waals surface area contributed by atoms with Gasteiger partial charge in [-0.3, -0.25) is 9.59 Å². The molecule has 32 heavy (non-hydrogen) atoms. The fraction of sp³-hybridized carbons (Fsp3) is 0.150. The molecular formula is C20H15F5N2O5. The minimum atomic E-state index is -5.04. The Balaban J connectivity index is 1.98. The molecule has 0 atom stereocenters. The number of nitrogens with one attached hydrogen (secondary N) is 2. The van der Waals surface area contributed by atoms with Crippen molar-refractivity contribution in [3.05, 3.63) is 66.4 Å². The molecule has 170 valence electrons. The van der Waals surface area contributed by atoms with Crippen LogP contribution in [0.1, 0.15) is 10.4 Å². The van der Waals surface area contributed by atoms with Crippen LogP contribution in [0, 0.1) is 0 Å². The highest BCUT2D eigenvalue weighted by Gasteiger charge is 2.36. The molecule has 0 aliphatic carbocycles. The Hall–Kier alpha value is -3.96. The van der Waals surface area contributed by atoms with E-state index < -0.39 is 37.1 Å². The molecule has 2 aromatic carbocycles. The van der Waals surface area contributed by atoms with E-state index in [1.165, 1.54) is 48.5 Å². The Morgan fingerprint density at radius 2 is 1.59 bits per heavy atom. The van der Waals surface area contributed by atoms with E-state index in [0.717, 1.165) is 0 Å². The van der Waals surface area contributed by atoms with Crippen LogP contribution in [0.4, 0.5) is 33.3 Å². The van der Waals surface area contributed by atoms with Crippen molar-refractivity contribution < 1.29 is 45.8 Å². The zero-order chi connectivity index (χ0) is 23.7. The second-order valence-corrected chi connectivity index (χ2v) is 5.88. The van der Waals surface area contributed by atoms with Gasteiger partial charge < -0.3 is 20.1 Å². The van der Waals surface area contributed by atoms with Gasteiger partial charge in [0.15, 0.2) is 6.61 Å². The average molecular weight is 458 g/mol. The van der Waals surface area contributed by atoms with Gasteiger partial charge in [-0.25, -0.2) is 4.79 Å². The maximum atomic E-state index is 12.4. The number of esters is 1. The number of para-hydroxylation sites is 3. The normalized spacial score (nSPS) is 11.3. The van der Waals surface area contributed by atoms with Crippen molar-refractivity contribution in [3.63, 3.8) is 0 Å². The highest BCUT2D eigenvalue weighted by Crippen LogP contribution is 2.25. The van der Waals surface area contributed by atoms with Crippen molar-refractivity contribution in [3.8, 4) is 5.75 Å². The van der Waals surface area contributed by atoms with Gasteiger partial charge in [-0.1, -0.05) is 24.3 Å². The fourth-order valence-electron chi connectivity index (χ4n) is 2.25. The van der Waals surface area contributed by atoms with Gasteiger partial charge in [0.25, 0.3) is 11.7 Å². The molecule has 0 radical (unpaired) electrons. The summed E-state index contributed by atoms with van der Waals surface area (Å²) in [4.78, 5) is 35.1. The summed E-state index contributed by atoms with van der Waals surface area (Å²) in [5.41, 5.74) is -0.193. The first-order valence-electron chi connectivity index (χ1n) is 8.72. The Labute approximate surface area is 177 Å². The molecule has 0 bridgehead atoms. The highest BCUT2D eigenvalue weighted by atomic mass is 19.4. The summed E-state index contributed by atoms with van der Waals surface area (Å²) < 4.78 is 70.6. The fourth-order valence-corrected chi connectivity index (χ4v) is 2.25. The zero-order valence-electron chi connectivity index (χ0n) is 16.0. The van der Waals surface area contributed by atoms with E-state index in [-0.39, 0.29) is 28.8 Å². The number of benzene rings is 2. The molecule has 0 aliphatic rings. The maximum Gasteiger partial charge on any atom is 0.454 e. The van der Waals surface area contributed by atoms with Crippen LogP contribution in [0.3, 0.4) is 0 Å². The van der Waals surface area contributed by atoms with E-state index in [4.69, 9.17) is 4.74 Å². The minimum Gasteiger partial charge on any atom is -0.452 e. The van der Waals surface area contributed by atoms with Gasteiger partial charge in [-0.05, 0) is 24.3 Å². The van der Waals surface area contributed by atoms with Crippen molar-refractivity contribution in [2.45, 2.75) is 12.8 Å². The summed E-state index contributed by atoms with van der Waals surface area (Å²) in [6, 6.07) is 10.9. The van der Waals surface area contributed by atoms with Crippen molar-refractivity contribution in [2.75, 3.05) is 17.2 Å². The third kappa shape index (κ3) is 7.38. The van der Waals surface area contributed by atoms with Gasteiger partial charge in [0.2, 0.25) is 0 Å². The lowest BCUT2D eigenvalue weighted by Gasteiger charge is -2.12. The first-order chi connectivity index (χ1) is 15.1.